The van der Waals surface area contributed by atoms with Crippen LogP contribution in [0.4, 0.5) is 8.78 Å². The van der Waals surface area contributed by atoms with Crippen LogP contribution >= 0.6 is 0 Å². The molecule has 1 fully saturated rings. The van der Waals surface area contributed by atoms with Gasteiger partial charge in [-0.25, -0.2) is 21.9 Å². The maximum atomic E-state index is 14.3. The standard InChI is InChI=1S/C30H51F2NO10S/c1-2-3-4-5-6-7-8-9-10-11-12-13-14-23(35)26(36)22(33-44(40,41)25-16-15-20(31)17-21(25)32)19-42-30-29(39)28(38)27(37)24(18-34)43-30/h15-17,22-24,26-30,33-39H,2-14,18-19H2,1H3/t22-,23-,24-,26+,27+,28+,29-,30+/m1/s1. The Morgan fingerprint density at radius 2 is 1.45 bits per heavy atom. The minimum Gasteiger partial charge on any atom is -0.394 e. The van der Waals surface area contributed by atoms with E-state index in [1.807, 2.05) is 0 Å². The maximum absolute atomic E-state index is 14.3. The molecule has 1 aliphatic rings. The van der Waals surface area contributed by atoms with E-state index < -0.39 is 88.7 Å². The third-order valence-corrected chi connectivity index (χ3v) is 9.46. The molecule has 0 unspecified atom stereocenters. The third-order valence-electron chi connectivity index (χ3n) is 7.94. The van der Waals surface area contributed by atoms with E-state index in [2.05, 4.69) is 11.6 Å². The van der Waals surface area contributed by atoms with Crippen molar-refractivity contribution in [3.05, 3.63) is 29.8 Å². The number of unbranched alkanes of at least 4 members (excludes halogenated alkanes) is 11. The Hall–Kier alpha value is -1.33. The van der Waals surface area contributed by atoms with Crippen LogP contribution in [0.3, 0.4) is 0 Å². The van der Waals surface area contributed by atoms with Gasteiger partial charge in [-0.1, -0.05) is 84.0 Å². The van der Waals surface area contributed by atoms with Crippen molar-refractivity contribution >= 4 is 10.0 Å². The second-order valence-electron chi connectivity index (χ2n) is 11.6. The molecule has 256 valence electrons. The summed E-state index contributed by atoms with van der Waals surface area (Å²) in [6.07, 6.45) is 1.95. The summed E-state index contributed by atoms with van der Waals surface area (Å²) in [6, 6.07) is 0.227. The lowest BCUT2D eigenvalue weighted by Crippen LogP contribution is -2.60. The molecule has 44 heavy (non-hydrogen) atoms. The summed E-state index contributed by atoms with van der Waals surface area (Å²) in [5, 5.41) is 61.3. The van der Waals surface area contributed by atoms with E-state index >= 15 is 0 Å². The average molecular weight is 656 g/mol. The SMILES string of the molecule is CCCCCCCCCCCCCC[C@@H](O)[C@@H](O)[C@@H](CO[C@H]1O[C@H](CO)[C@H](O)[C@H](O)[C@H]1O)NS(=O)(=O)c1ccc(F)cc1F. The number of sulfonamides is 1. The van der Waals surface area contributed by atoms with Gasteiger partial charge in [0.1, 0.15) is 40.9 Å². The van der Waals surface area contributed by atoms with Crippen LogP contribution in [-0.4, -0.2) is 101 Å². The molecule has 7 N–H and O–H groups in total. The number of hydrogen-bond acceptors (Lipinski definition) is 10. The normalized spacial score (nSPS) is 24.7. The highest BCUT2D eigenvalue weighted by molar-refractivity contribution is 7.89. The van der Waals surface area contributed by atoms with Crippen LogP contribution in [0.15, 0.2) is 23.1 Å². The summed E-state index contributed by atoms with van der Waals surface area (Å²) in [6.45, 7) is 0.729. The summed E-state index contributed by atoms with van der Waals surface area (Å²) in [5.41, 5.74) is 0. The second-order valence-corrected chi connectivity index (χ2v) is 13.3. The number of rotatable bonds is 22. The van der Waals surface area contributed by atoms with E-state index in [0.29, 0.717) is 18.6 Å². The van der Waals surface area contributed by atoms with Gasteiger partial charge in [0.25, 0.3) is 0 Å². The Morgan fingerprint density at radius 3 is 2.00 bits per heavy atom. The fraction of sp³-hybridized carbons (Fsp3) is 0.800. The summed E-state index contributed by atoms with van der Waals surface area (Å²) in [5.74, 6) is -2.38. The van der Waals surface area contributed by atoms with E-state index in [9.17, 15) is 47.8 Å². The molecule has 1 saturated heterocycles. The third kappa shape index (κ3) is 12.5. The molecule has 0 bridgehead atoms. The highest BCUT2D eigenvalue weighted by atomic mass is 32.2. The molecular weight excluding hydrogens is 604 g/mol. The predicted octanol–water partition coefficient (Wildman–Crippen LogP) is 2.24. The van der Waals surface area contributed by atoms with Gasteiger partial charge < -0.3 is 40.1 Å². The highest BCUT2D eigenvalue weighted by Crippen LogP contribution is 2.24. The van der Waals surface area contributed by atoms with Crippen molar-refractivity contribution in [2.24, 2.45) is 0 Å². The van der Waals surface area contributed by atoms with Crippen molar-refractivity contribution < 1.29 is 57.3 Å². The first-order valence-corrected chi connectivity index (χ1v) is 17.2. The summed E-state index contributed by atoms with van der Waals surface area (Å²) in [4.78, 5) is -0.903. The average Bonchev–Trinajstić information content (AvgIpc) is 2.98. The predicted molar refractivity (Wildman–Crippen MR) is 158 cm³/mol. The van der Waals surface area contributed by atoms with E-state index in [0.717, 1.165) is 31.7 Å². The Labute approximate surface area is 259 Å². The second kappa shape index (κ2) is 20.0. The van der Waals surface area contributed by atoms with Crippen molar-refractivity contribution in [1.82, 2.24) is 4.72 Å². The lowest BCUT2D eigenvalue weighted by atomic mass is 9.99. The van der Waals surface area contributed by atoms with Crippen LogP contribution in [0.2, 0.25) is 0 Å². The van der Waals surface area contributed by atoms with Crippen LogP contribution in [0.1, 0.15) is 90.4 Å². The Kier molecular flexibility index (Phi) is 17.7. The van der Waals surface area contributed by atoms with Crippen LogP contribution in [0, 0.1) is 11.6 Å². The van der Waals surface area contributed by atoms with E-state index in [-0.39, 0.29) is 6.42 Å². The van der Waals surface area contributed by atoms with Crippen LogP contribution in [-0.2, 0) is 19.5 Å². The highest BCUT2D eigenvalue weighted by Gasteiger charge is 2.44. The van der Waals surface area contributed by atoms with Gasteiger partial charge in [-0.05, 0) is 18.6 Å². The number of benzene rings is 1. The first-order valence-electron chi connectivity index (χ1n) is 15.7. The summed E-state index contributed by atoms with van der Waals surface area (Å²) >= 11 is 0. The molecule has 1 aromatic rings. The van der Waals surface area contributed by atoms with Gasteiger partial charge in [-0.2, -0.15) is 0 Å². The van der Waals surface area contributed by atoms with Crippen LogP contribution < -0.4 is 4.72 Å². The Bertz CT molecular complexity index is 1050. The Balaban J connectivity index is 1.96. The molecular formula is C30H51F2NO10S. The molecule has 1 aliphatic heterocycles. The van der Waals surface area contributed by atoms with Crippen molar-refractivity contribution in [2.75, 3.05) is 13.2 Å². The number of halogens is 2. The smallest absolute Gasteiger partial charge is 0.243 e. The monoisotopic (exact) mass is 655 g/mol. The van der Waals surface area contributed by atoms with Crippen molar-refractivity contribution in [1.29, 1.82) is 0 Å². The van der Waals surface area contributed by atoms with Gasteiger partial charge in [-0.15, -0.1) is 0 Å². The number of nitrogens with one attached hydrogen (secondary N) is 1. The van der Waals surface area contributed by atoms with Gasteiger partial charge >= 0.3 is 0 Å². The fourth-order valence-electron chi connectivity index (χ4n) is 5.20. The molecule has 2 rings (SSSR count). The number of hydrogen-bond donors (Lipinski definition) is 7. The maximum Gasteiger partial charge on any atom is 0.243 e. The van der Waals surface area contributed by atoms with Gasteiger partial charge in [-0.3, -0.25) is 0 Å². The first-order chi connectivity index (χ1) is 20.9. The minimum absolute atomic E-state index is 0.127. The van der Waals surface area contributed by atoms with Crippen LogP contribution in [0.25, 0.3) is 0 Å². The molecule has 0 aliphatic carbocycles. The Morgan fingerprint density at radius 1 is 0.886 bits per heavy atom. The quantitative estimate of drug-likeness (QED) is 0.0914. The van der Waals surface area contributed by atoms with E-state index in [1.165, 1.54) is 44.9 Å². The number of aliphatic hydroxyl groups excluding tert-OH is 6. The molecule has 1 heterocycles. The zero-order valence-electron chi connectivity index (χ0n) is 25.4. The zero-order valence-corrected chi connectivity index (χ0v) is 26.3. The molecule has 8 atom stereocenters. The topological polar surface area (TPSA) is 186 Å². The zero-order chi connectivity index (χ0) is 32.7. The lowest BCUT2D eigenvalue weighted by Gasteiger charge is -2.40. The largest absolute Gasteiger partial charge is 0.394 e. The molecule has 11 nitrogen and oxygen atoms in total. The number of ether oxygens (including phenoxy) is 2. The first kappa shape index (κ1) is 38.9. The lowest BCUT2D eigenvalue weighted by molar-refractivity contribution is -0.303. The van der Waals surface area contributed by atoms with Crippen molar-refractivity contribution in [3.63, 3.8) is 0 Å². The van der Waals surface area contributed by atoms with Crippen molar-refractivity contribution in [2.45, 2.75) is 144 Å². The number of aliphatic hydroxyl groups is 6. The molecule has 0 spiro atoms. The van der Waals surface area contributed by atoms with Gasteiger partial charge in [0.2, 0.25) is 10.0 Å². The van der Waals surface area contributed by atoms with Crippen LogP contribution in [0.5, 0.6) is 0 Å². The molecule has 0 radical (unpaired) electrons. The van der Waals surface area contributed by atoms with Gasteiger partial charge in [0, 0.05) is 6.07 Å². The van der Waals surface area contributed by atoms with E-state index in [4.69, 9.17) is 9.47 Å². The minimum atomic E-state index is -4.71. The summed E-state index contributed by atoms with van der Waals surface area (Å²) < 4.78 is 66.4. The molecule has 14 heteroatoms. The van der Waals surface area contributed by atoms with Gasteiger partial charge in [0.15, 0.2) is 6.29 Å². The van der Waals surface area contributed by atoms with Crippen molar-refractivity contribution in [3.8, 4) is 0 Å². The fourth-order valence-corrected chi connectivity index (χ4v) is 6.49. The summed E-state index contributed by atoms with van der Waals surface area (Å²) in [7, 11) is -4.71. The molecule has 0 amide bonds. The molecule has 0 saturated carbocycles. The molecule has 0 aromatic heterocycles. The molecule has 1 aromatic carbocycles. The van der Waals surface area contributed by atoms with E-state index in [1.54, 1.807) is 0 Å². The van der Waals surface area contributed by atoms with Gasteiger partial charge in [0.05, 0.1) is 31.5 Å².